The Balaban J connectivity index is 0.00000115. The molecule has 2 aliphatic rings. The number of aryl methyl sites for hydroxylation is 1. The fourth-order valence-corrected chi connectivity index (χ4v) is 5.03. The molecule has 3 amide bonds. The summed E-state index contributed by atoms with van der Waals surface area (Å²) in [7, 11) is 0. The van der Waals surface area contributed by atoms with E-state index in [9.17, 15) is 9.59 Å². The highest BCUT2D eigenvalue weighted by molar-refractivity contribution is 6.33. The van der Waals surface area contributed by atoms with E-state index >= 15 is 0 Å². The van der Waals surface area contributed by atoms with Crippen molar-refractivity contribution in [1.29, 1.82) is 0 Å². The molecule has 0 bridgehead atoms. The Morgan fingerprint density at radius 2 is 1.49 bits per heavy atom. The number of rotatable bonds is 5. The van der Waals surface area contributed by atoms with Crippen LogP contribution in [0.2, 0.25) is 5.02 Å². The molecule has 204 valence electrons. The number of amides is 3. The molecule has 7 heteroatoms. The van der Waals surface area contributed by atoms with Crippen molar-refractivity contribution in [3.05, 3.63) is 53.1 Å². The van der Waals surface area contributed by atoms with Crippen molar-refractivity contribution in [3.8, 4) is 0 Å². The Labute approximate surface area is 228 Å². The number of hydrogen-bond acceptors (Lipinski definition) is 3. The number of carbonyl (C=O) groups is 2. The summed E-state index contributed by atoms with van der Waals surface area (Å²) in [6.07, 6.45) is 6.78. The highest BCUT2D eigenvalue weighted by Gasteiger charge is 2.22. The van der Waals surface area contributed by atoms with E-state index in [-0.39, 0.29) is 11.9 Å². The van der Waals surface area contributed by atoms with Crippen molar-refractivity contribution in [1.82, 2.24) is 4.90 Å². The van der Waals surface area contributed by atoms with E-state index in [1.54, 1.807) is 6.07 Å². The molecule has 2 fully saturated rings. The zero-order valence-electron chi connectivity index (χ0n) is 23.3. The molecule has 4 rings (SSSR count). The lowest BCUT2D eigenvalue weighted by atomic mass is 9.87. The first-order chi connectivity index (χ1) is 18.0. The monoisotopic (exact) mass is 528 g/mol. The fraction of sp³-hybridized carbons (Fsp3) is 0.533. The molecular weight excluding hydrogens is 484 g/mol. The molecule has 0 radical (unpaired) electrons. The van der Waals surface area contributed by atoms with Gasteiger partial charge in [-0.2, -0.15) is 0 Å². The van der Waals surface area contributed by atoms with Crippen molar-refractivity contribution >= 4 is 40.6 Å². The van der Waals surface area contributed by atoms with Gasteiger partial charge in [0.15, 0.2) is 0 Å². The Hall–Kier alpha value is -2.73. The summed E-state index contributed by atoms with van der Waals surface area (Å²) >= 11 is 6.24. The number of benzene rings is 2. The summed E-state index contributed by atoms with van der Waals surface area (Å²) < 4.78 is 0. The van der Waals surface area contributed by atoms with Gasteiger partial charge in [-0.15, -0.1) is 0 Å². The predicted octanol–water partition coefficient (Wildman–Crippen LogP) is 7.96. The number of carbonyl (C=O) groups excluding carboxylic acids is 2. The Morgan fingerprint density at radius 3 is 2.08 bits per heavy atom. The van der Waals surface area contributed by atoms with E-state index in [4.69, 9.17) is 11.6 Å². The smallest absolute Gasteiger partial charge is 0.322 e. The van der Waals surface area contributed by atoms with Gasteiger partial charge >= 0.3 is 6.03 Å². The zero-order valence-corrected chi connectivity index (χ0v) is 24.0. The number of anilines is 3. The summed E-state index contributed by atoms with van der Waals surface area (Å²) in [6, 6.07) is 13.5. The topological polar surface area (TPSA) is 64.7 Å². The van der Waals surface area contributed by atoms with Gasteiger partial charge in [-0.05, 0) is 61.6 Å². The van der Waals surface area contributed by atoms with Crippen LogP contribution in [-0.2, 0) is 4.79 Å². The zero-order chi connectivity index (χ0) is 27.2. The number of nitrogens with one attached hydrogen (secondary N) is 2. The summed E-state index contributed by atoms with van der Waals surface area (Å²) in [5.41, 5.74) is 3.56. The average Bonchev–Trinajstić information content (AvgIpc) is 2.94. The molecule has 6 nitrogen and oxygen atoms in total. The molecule has 0 atom stereocenters. The van der Waals surface area contributed by atoms with E-state index in [1.807, 2.05) is 75.9 Å². The Bertz CT molecular complexity index is 946. The molecule has 0 spiro atoms. The van der Waals surface area contributed by atoms with Crippen LogP contribution >= 0.6 is 11.6 Å². The van der Waals surface area contributed by atoms with Crippen LogP contribution in [0.25, 0.3) is 0 Å². The van der Waals surface area contributed by atoms with E-state index in [0.29, 0.717) is 36.1 Å². The van der Waals surface area contributed by atoms with Gasteiger partial charge in [0.2, 0.25) is 5.91 Å². The quantitative estimate of drug-likeness (QED) is 0.413. The Kier molecular flexibility index (Phi) is 13.3. The minimum absolute atomic E-state index is 0.114. The van der Waals surface area contributed by atoms with Crippen LogP contribution in [0.15, 0.2) is 42.5 Å². The third-order valence-corrected chi connectivity index (χ3v) is 7.05. The molecule has 1 aliphatic heterocycles. The van der Waals surface area contributed by atoms with Gasteiger partial charge in [0.05, 0.1) is 10.7 Å². The first kappa shape index (κ1) is 30.5. The second kappa shape index (κ2) is 16.2. The van der Waals surface area contributed by atoms with Crippen molar-refractivity contribution in [2.75, 3.05) is 41.7 Å². The van der Waals surface area contributed by atoms with Crippen LogP contribution in [0.5, 0.6) is 0 Å². The first-order valence-electron chi connectivity index (χ1n) is 14.0. The molecule has 1 aliphatic carbocycles. The summed E-state index contributed by atoms with van der Waals surface area (Å²) in [5, 5.41) is 6.55. The number of piperazine rings is 1. The lowest BCUT2D eigenvalue weighted by Crippen LogP contribution is -2.50. The lowest BCUT2D eigenvalue weighted by Gasteiger charge is -2.36. The maximum absolute atomic E-state index is 12.7. The van der Waals surface area contributed by atoms with Crippen molar-refractivity contribution < 1.29 is 9.59 Å². The van der Waals surface area contributed by atoms with Crippen LogP contribution in [0, 0.1) is 12.8 Å². The molecule has 1 heterocycles. The molecule has 0 aromatic heterocycles. The van der Waals surface area contributed by atoms with Gasteiger partial charge in [-0.25, -0.2) is 4.79 Å². The standard InChI is InChI=1S/C26H33ClN4O2.2C2H6/c1-19-6-5-9-23(27)25(19)29-26(33)31-16-14-30(15-17-31)22-12-10-21(11-13-22)28-24(32)18-20-7-3-2-4-8-20;2*1-2/h5-6,9-13,20H,2-4,7-8,14-18H2,1H3,(H,28,32)(H,29,33);2*1-2H3. The van der Waals surface area contributed by atoms with Crippen LogP contribution in [0.1, 0.15) is 71.8 Å². The number of para-hydroxylation sites is 1. The molecule has 37 heavy (non-hydrogen) atoms. The van der Waals surface area contributed by atoms with E-state index in [1.165, 1.54) is 32.1 Å². The molecular formula is C30H45ClN4O2. The van der Waals surface area contributed by atoms with Crippen molar-refractivity contribution in [3.63, 3.8) is 0 Å². The van der Waals surface area contributed by atoms with Gasteiger partial charge in [0, 0.05) is 44.0 Å². The molecule has 2 aromatic carbocycles. The van der Waals surface area contributed by atoms with E-state index in [0.717, 1.165) is 30.0 Å². The Morgan fingerprint density at radius 1 is 0.865 bits per heavy atom. The van der Waals surface area contributed by atoms with Crippen LogP contribution in [0.4, 0.5) is 21.9 Å². The third-order valence-electron chi connectivity index (χ3n) is 6.74. The summed E-state index contributed by atoms with van der Waals surface area (Å²) in [5.74, 6) is 0.649. The normalized spacial score (nSPS) is 15.5. The minimum atomic E-state index is -0.123. The first-order valence-corrected chi connectivity index (χ1v) is 14.3. The summed E-state index contributed by atoms with van der Waals surface area (Å²) in [4.78, 5) is 29.2. The lowest BCUT2D eigenvalue weighted by molar-refractivity contribution is -0.117. The van der Waals surface area contributed by atoms with E-state index in [2.05, 4.69) is 15.5 Å². The van der Waals surface area contributed by atoms with Gasteiger partial charge < -0.3 is 20.4 Å². The molecule has 2 aromatic rings. The van der Waals surface area contributed by atoms with Gasteiger partial charge in [-0.1, -0.05) is 70.7 Å². The van der Waals surface area contributed by atoms with Crippen LogP contribution in [0.3, 0.4) is 0 Å². The second-order valence-corrected chi connectivity index (χ2v) is 9.55. The maximum Gasteiger partial charge on any atom is 0.322 e. The van der Waals surface area contributed by atoms with E-state index < -0.39 is 0 Å². The van der Waals surface area contributed by atoms with Crippen molar-refractivity contribution in [2.45, 2.75) is 73.1 Å². The van der Waals surface area contributed by atoms with Crippen molar-refractivity contribution in [2.24, 2.45) is 5.92 Å². The average molecular weight is 529 g/mol. The number of hydrogen-bond donors (Lipinski definition) is 2. The summed E-state index contributed by atoms with van der Waals surface area (Å²) in [6.45, 7) is 12.7. The number of urea groups is 1. The molecule has 2 N–H and O–H groups in total. The largest absolute Gasteiger partial charge is 0.368 e. The van der Waals surface area contributed by atoms with Crippen LogP contribution in [-0.4, -0.2) is 43.0 Å². The third kappa shape index (κ3) is 9.26. The van der Waals surface area contributed by atoms with Crippen LogP contribution < -0.4 is 15.5 Å². The SMILES string of the molecule is CC.CC.Cc1cccc(Cl)c1NC(=O)N1CCN(c2ccc(NC(=O)CC3CCCCC3)cc2)CC1. The second-order valence-electron chi connectivity index (χ2n) is 9.14. The molecule has 0 unspecified atom stereocenters. The fourth-order valence-electron chi connectivity index (χ4n) is 4.77. The van der Waals surface area contributed by atoms with Gasteiger partial charge in [0.25, 0.3) is 0 Å². The van der Waals surface area contributed by atoms with Gasteiger partial charge in [-0.3, -0.25) is 4.79 Å². The highest BCUT2D eigenvalue weighted by atomic mass is 35.5. The minimum Gasteiger partial charge on any atom is -0.368 e. The number of halogens is 1. The number of nitrogens with zero attached hydrogens (tertiary/aromatic N) is 2. The highest BCUT2D eigenvalue weighted by Crippen LogP contribution is 2.28. The van der Waals surface area contributed by atoms with Gasteiger partial charge in [0.1, 0.15) is 0 Å². The molecule has 1 saturated carbocycles. The predicted molar refractivity (Wildman–Crippen MR) is 158 cm³/mol. The maximum atomic E-state index is 12.7. The molecule has 1 saturated heterocycles.